The second kappa shape index (κ2) is 6.14. The Labute approximate surface area is 115 Å². The largest absolute Gasteiger partial charge is 0.383 e. The van der Waals surface area contributed by atoms with Crippen LogP contribution in [0.1, 0.15) is 17.3 Å². The first kappa shape index (κ1) is 14.0. The predicted molar refractivity (Wildman–Crippen MR) is 71.5 cm³/mol. The van der Waals surface area contributed by atoms with Gasteiger partial charge in [0.1, 0.15) is 5.82 Å². The van der Waals surface area contributed by atoms with Crippen LogP contribution in [-0.4, -0.2) is 23.5 Å². The zero-order chi connectivity index (χ0) is 13.8. The van der Waals surface area contributed by atoms with E-state index < -0.39 is 6.04 Å². The molecule has 2 rings (SSSR count). The van der Waals surface area contributed by atoms with Gasteiger partial charge in [0.25, 0.3) is 0 Å². The van der Waals surface area contributed by atoms with Crippen molar-refractivity contribution < 1.29 is 9.13 Å². The number of aromatic nitrogens is 2. The van der Waals surface area contributed by atoms with E-state index in [2.05, 4.69) is 5.10 Å². The molecule has 0 saturated heterocycles. The molecule has 19 heavy (non-hydrogen) atoms. The molecule has 0 aliphatic rings. The first-order valence-corrected chi connectivity index (χ1v) is 6.22. The van der Waals surface area contributed by atoms with E-state index in [0.717, 1.165) is 5.56 Å². The summed E-state index contributed by atoms with van der Waals surface area (Å²) < 4.78 is 19.6. The summed E-state index contributed by atoms with van der Waals surface area (Å²) in [6, 6.07) is 5.58. The highest BCUT2D eigenvalue weighted by Crippen LogP contribution is 2.26. The minimum Gasteiger partial charge on any atom is -0.383 e. The van der Waals surface area contributed by atoms with Crippen molar-refractivity contribution in [2.75, 3.05) is 13.7 Å². The number of hydrogen-bond acceptors (Lipinski definition) is 3. The first-order chi connectivity index (χ1) is 9.13. The van der Waals surface area contributed by atoms with E-state index in [-0.39, 0.29) is 5.82 Å². The van der Waals surface area contributed by atoms with Crippen LogP contribution in [0.3, 0.4) is 0 Å². The summed E-state index contributed by atoms with van der Waals surface area (Å²) in [5.74, 6) is -0.296. The molecule has 0 aliphatic heterocycles. The molecule has 0 radical (unpaired) electrons. The summed E-state index contributed by atoms with van der Waals surface area (Å²) >= 11 is 6.12. The lowest BCUT2D eigenvalue weighted by molar-refractivity contribution is 0.182. The Kier molecular flexibility index (Phi) is 4.52. The summed E-state index contributed by atoms with van der Waals surface area (Å²) in [6.07, 6.45) is 1.55. The van der Waals surface area contributed by atoms with Gasteiger partial charge < -0.3 is 10.5 Å². The van der Waals surface area contributed by atoms with E-state index in [4.69, 9.17) is 22.1 Å². The smallest absolute Gasteiger partial charge is 0.123 e. The molecular weight excluding hydrogens is 269 g/mol. The summed E-state index contributed by atoms with van der Waals surface area (Å²) in [6.45, 7) is 1.08. The molecule has 6 heteroatoms. The molecule has 1 aromatic carbocycles. The van der Waals surface area contributed by atoms with Crippen molar-refractivity contribution in [3.8, 4) is 0 Å². The van der Waals surface area contributed by atoms with Crippen LogP contribution >= 0.6 is 11.6 Å². The zero-order valence-electron chi connectivity index (χ0n) is 10.5. The molecular formula is C13H15ClFN3O. The molecule has 0 bridgehead atoms. The van der Waals surface area contributed by atoms with Gasteiger partial charge in [0.2, 0.25) is 0 Å². The highest BCUT2D eigenvalue weighted by Gasteiger charge is 2.18. The molecule has 4 nitrogen and oxygen atoms in total. The number of benzene rings is 1. The lowest BCUT2D eigenvalue weighted by Gasteiger charge is -2.15. The lowest BCUT2D eigenvalue weighted by Crippen LogP contribution is -2.19. The minimum absolute atomic E-state index is 0.296. The van der Waals surface area contributed by atoms with Crippen molar-refractivity contribution >= 4 is 11.6 Å². The molecule has 0 aliphatic carbocycles. The number of ether oxygens (including phenoxy) is 1. The monoisotopic (exact) mass is 283 g/mol. The molecule has 1 heterocycles. The Balaban J connectivity index is 2.29. The van der Waals surface area contributed by atoms with Crippen molar-refractivity contribution in [1.29, 1.82) is 0 Å². The summed E-state index contributed by atoms with van der Waals surface area (Å²) in [4.78, 5) is 0. The van der Waals surface area contributed by atoms with Gasteiger partial charge in [-0.25, -0.2) is 4.39 Å². The second-order valence-corrected chi connectivity index (χ2v) is 4.53. The fourth-order valence-corrected chi connectivity index (χ4v) is 2.12. The van der Waals surface area contributed by atoms with E-state index in [1.807, 2.05) is 0 Å². The highest BCUT2D eigenvalue weighted by atomic mass is 35.5. The molecule has 0 fully saturated rings. The van der Waals surface area contributed by atoms with Crippen LogP contribution < -0.4 is 5.73 Å². The Morgan fingerprint density at radius 3 is 2.74 bits per heavy atom. The number of rotatable bonds is 5. The van der Waals surface area contributed by atoms with Gasteiger partial charge in [-0.3, -0.25) is 4.68 Å². The topological polar surface area (TPSA) is 53.1 Å². The van der Waals surface area contributed by atoms with Gasteiger partial charge >= 0.3 is 0 Å². The average Bonchev–Trinajstić information content (AvgIpc) is 2.77. The molecule has 102 valence electrons. The maximum absolute atomic E-state index is 12.9. The summed E-state index contributed by atoms with van der Waals surface area (Å²) in [5, 5.41) is 4.66. The molecule has 2 N–H and O–H groups in total. The Bertz CT molecular complexity index is 541. The molecule has 0 saturated carbocycles. The fourth-order valence-electron chi connectivity index (χ4n) is 1.87. The summed E-state index contributed by atoms with van der Waals surface area (Å²) in [5.41, 5.74) is 7.66. The fraction of sp³-hybridized carbons (Fsp3) is 0.308. The van der Waals surface area contributed by atoms with E-state index in [1.54, 1.807) is 30.1 Å². The third-order valence-corrected chi connectivity index (χ3v) is 3.16. The normalized spacial score (nSPS) is 12.6. The predicted octanol–water partition coefficient (Wildman–Crippen LogP) is 2.37. The zero-order valence-corrected chi connectivity index (χ0v) is 11.3. The third kappa shape index (κ3) is 3.12. The molecule has 1 aromatic heterocycles. The van der Waals surface area contributed by atoms with Gasteiger partial charge in [0.15, 0.2) is 0 Å². The van der Waals surface area contributed by atoms with E-state index >= 15 is 0 Å². The van der Waals surface area contributed by atoms with Crippen LogP contribution in [-0.2, 0) is 11.3 Å². The number of hydrogen-bond donors (Lipinski definition) is 1. The quantitative estimate of drug-likeness (QED) is 0.916. The number of methoxy groups -OCH3 is 1. The number of nitrogens with two attached hydrogens (primary N) is 1. The van der Waals surface area contributed by atoms with Crippen LogP contribution in [0.25, 0.3) is 0 Å². The maximum Gasteiger partial charge on any atom is 0.123 e. The van der Waals surface area contributed by atoms with Crippen LogP contribution in [0, 0.1) is 5.82 Å². The van der Waals surface area contributed by atoms with Gasteiger partial charge in [0, 0.05) is 7.11 Å². The van der Waals surface area contributed by atoms with Crippen LogP contribution in [0.2, 0.25) is 5.02 Å². The van der Waals surface area contributed by atoms with Crippen molar-refractivity contribution in [2.24, 2.45) is 5.73 Å². The van der Waals surface area contributed by atoms with Gasteiger partial charge in [-0.2, -0.15) is 5.10 Å². The third-order valence-electron chi connectivity index (χ3n) is 2.86. The van der Waals surface area contributed by atoms with Crippen LogP contribution in [0.15, 0.2) is 30.5 Å². The lowest BCUT2D eigenvalue weighted by atomic mass is 10.0. The standard InChI is InChI=1S/C13H15ClFN3O/c1-19-7-6-18-13(11(14)8-17-18)12(16)9-2-4-10(15)5-3-9/h2-5,8,12H,6-7,16H2,1H3. The molecule has 1 unspecified atom stereocenters. The number of nitrogens with zero attached hydrogens (tertiary/aromatic N) is 2. The van der Waals surface area contributed by atoms with Crippen molar-refractivity contribution in [2.45, 2.75) is 12.6 Å². The summed E-state index contributed by atoms with van der Waals surface area (Å²) in [7, 11) is 1.62. The number of halogens is 2. The van der Waals surface area contributed by atoms with E-state index in [9.17, 15) is 4.39 Å². The average molecular weight is 284 g/mol. The maximum atomic E-state index is 12.9. The second-order valence-electron chi connectivity index (χ2n) is 4.12. The molecule has 2 aromatic rings. The Morgan fingerprint density at radius 1 is 1.42 bits per heavy atom. The molecule has 0 amide bonds. The van der Waals surface area contributed by atoms with Crippen LogP contribution in [0.5, 0.6) is 0 Å². The Morgan fingerprint density at radius 2 is 2.11 bits per heavy atom. The Hall–Kier alpha value is -1.43. The highest BCUT2D eigenvalue weighted by molar-refractivity contribution is 6.31. The molecule has 0 spiro atoms. The SMILES string of the molecule is COCCn1ncc(Cl)c1C(N)c1ccc(F)cc1. The first-order valence-electron chi connectivity index (χ1n) is 5.84. The van der Waals surface area contributed by atoms with Crippen molar-refractivity contribution in [1.82, 2.24) is 9.78 Å². The van der Waals surface area contributed by atoms with Gasteiger partial charge in [-0.1, -0.05) is 23.7 Å². The van der Waals surface area contributed by atoms with Crippen LogP contribution in [0.4, 0.5) is 4.39 Å². The molecule has 1 atom stereocenters. The minimum atomic E-state index is -0.451. The van der Waals surface area contributed by atoms with E-state index in [1.165, 1.54) is 12.1 Å². The van der Waals surface area contributed by atoms with Crippen molar-refractivity contribution in [3.05, 3.63) is 52.6 Å². The van der Waals surface area contributed by atoms with Gasteiger partial charge in [0.05, 0.1) is 36.1 Å². The van der Waals surface area contributed by atoms with Crippen molar-refractivity contribution in [3.63, 3.8) is 0 Å². The van der Waals surface area contributed by atoms with Gasteiger partial charge in [-0.15, -0.1) is 0 Å². The van der Waals surface area contributed by atoms with E-state index in [0.29, 0.717) is 23.9 Å². The van der Waals surface area contributed by atoms with Gasteiger partial charge in [-0.05, 0) is 17.7 Å².